The fraction of sp³-hybridized carbons (Fsp3) is 0.636. The van der Waals surface area contributed by atoms with Gasteiger partial charge in [0.1, 0.15) is 17.5 Å². The normalized spacial score (nSPS) is 14.4. The number of benzene rings is 1. The minimum absolute atomic E-state index is 0.0138. The summed E-state index contributed by atoms with van der Waals surface area (Å²) in [5.74, 6) is 0. The summed E-state index contributed by atoms with van der Waals surface area (Å²) < 4.78 is 13.2. The Morgan fingerprint density at radius 3 is 2.15 bits per heavy atom. The summed E-state index contributed by atoms with van der Waals surface area (Å²) in [6.07, 6.45) is 1.27. The molecule has 1 aromatic heterocycles. The average molecular weight is 513 g/mol. The Morgan fingerprint density at radius 2 is 1.67 bits per heavy atom. The molecule has 0 saturated heterocycles. The monoisotopic (exact) mass is 512 g/mol. The number of aromatic nitrogens is 3. The summed E-state index contributed by atoms with van der Waals surface area (Å²) >= 11 is 6.29. The summed E-state index contributed by atoms with van der Waals surface area (Å²) in [7, 11) is -4.15. The molecule has 1 heterocycles. The molecule has 11 heteroatoms. The molecule has 0 spiro atoms. The molecule has 1 unspecified atom stereocenters. The summed E-state index contributed by atoms with van der Waals surface area (Å²) in [5, 5.41) is 20.3. The molecule has 2 aromatic rings. The van der Waals surface area contributed by atoms with E-state index in [4.69, 9.17) is 20.5 Å². The van der Waals surface area contributed by atoms with Crippen LogP contribution in [0.3, 0.4) is 0 Å². The van der Waals surface area contributed by atoms with Gasteiger partial charge in [0.05, 0.1) is 22.7 Å². The van der Waals surface area contributed by atoms with Crippen LogP contribution in [0.5, 0.6) is 0 Å². The zero-order valence-electron chi connectivity index (χ0n) is 21.4. The Labute approximate surface area is 204 Å². The van der Waals surface area contributed by atoms with Crippen LogP contribution in [-0.2, 0) is 8.85 Å². The van der Waals surface area contributed by atoms with Gasteiger partial charge in [0.25, 0.3) is 5.69 Å². The van der Waals surface area contributed by atoms with E-state index in [1.54, 1.807) is 12.3 Å². The quantitative estimate of drug-likeness (QED) is 0.216. The number of nitro groups is 1. The SMILES string of the molecule is CC(C)(C)[Si](C)(C)OCC(O[Si](C)(C)C(C)(C)C)c1cnn(-c2ccc([N+](=O)[O-])cc2Cl)n1. The highest BCUT2D eigenvalue weighted by molar-refractivity contribution is 6.74. The standard InChI is InChI=1S/C22H37ClN4O4Si2/c1-21(2,3)32(7,8)30-15-20(31-33(9,10)22(4,5)6)18-14-24-26(25-18)19-12-11-16(27(28)29)13-17(19)23/h11-14,20H,15H2,1-10H3. The Morgan fingerprint density at radius 1 is 1.09 bits per heavy atom. The lowest BCUT2D eigenvalue weighted by molar-refractivity contribution is -0.384. The minimum atomic E-state index is -2.14. The first-order valence-corrected chi connectivity index (χ1v) is 17.2. The second kappa shape index (κ2) is 9.57. The van der Waals surface area contributed by atoms with Crippen molar-refractivity contribution in [2.24, 2.45) is 0 Å². The zero-order valence-corrected chi connectivity index (χ0v) is 24.1. The lowest BCUT2D eigenvalue weighted by Crippen LogP contribution is -2.45. The van der Waals surface area contributed by atoms with E-state index in [1.165, 1.54) is 16.9 Å². The van der Waals surface area contributed by atoms with Gasteiger partial charge in [-0.3, -0.25) is 10.1 Å². The van der Waals surface area contributed by atoms with E-state index in [2.05, 4.69) is 77.9 Å². The number of hydrogen-bond donors (Lipinski definition) is 0. The van der Waals surface area contributed by atoms with E-state index in [0.717, 1.165) is 0 Å². The van der Waals surface area contributed by atoms with Crippen LogP contribution in [-0.4, -0.2) is 43.2 Å². The number of non-ortho nitro benzene ring substituents is 1. The van der Waals surface area contributed by atoms with Gasteiger partial charge in [0.15, 0.2) is 16.6 Å². The van der Waals surface area contributed by atoms with Crippen LogP contribution >= 0.6 is 11.6 Å². The molecule has 8 nitrogen and oxygen atoms in total. The minimum Gasteiger partial charge on any atom is -0.414 e. The van der Waals surface area contributed by atoms with Crippen LogP contribution in [0, 0.1) is 10.1 Å². The average Bonchev–Trinajstić information content (AvgIpc) is 3.12. The molecular formula is C22H37ClN4O4Si2. The molecule has 0 amide bonds. The molecule has 184 valence electrons. The predicted molar refractivity (Wildman–Crippen MR) is 137 cm³/mol. The highest BCUT2D eigenvalue weighted by Crippen LogP contribution is 2.41. The molecule has 33 heavy (non-hydrogen) atoms. The van der Waals surface area contributed by atoms with Crippen molar-refractivity contribution in [2.45, 2.75) is 83.9 Å². The van der Waals surface area contributed by atoms with Crippen molar-refractivity contribution in [3.63, 3.8) is 0 Å². The van der Waals surface area contributed by atoms with Crippen molar-refractivity contribution in [1.29, 1.82) is 0 Å². The summed E-state index contributed by atoms with van der Waals surface area (Å²) in [6, 6.07) is 4.22. The molecule has 0 aliphatic carbocycles. The number of halogens is 1. The molecule has 0 N–H and O–H groups in total. The number of nitro benzene ring substituents is 1. The van der Waals surface area contributed by atoms with Crippen LogP contribution in [0.1, 0.15) is 53.3 Å². The van der Waals surface area contributed by atoms with Gasteiger partial charge in [-0.2, -0.15) is 10.2 Å². The van der Waals surface area contributed by atoms with E-state index in [1.807, 2.05) is 0 Å². The molecule has 0 aliphatic rings. The van der Waals surface area contributed by atoms with Gasteiger partial charge in [0, 0.05) is 12.1 Å². The molecule has 2 rings (SSSR count). The maximum Gasteiger partial charge on any atom is 0.271 e. The van der Waals surface area contributed by atoms with Crippen LogP contribution in [0.4, 0.5) is 5.69 Å². The van der Waals surface area contributed by atoms with Crippen molar-refractivity contribution in [3.8, 4) is 5.69 Å². The number of hydrogen-bond acceptors (Lipinski definition) is 6. The van der Waals surface area contributed by atoms with E-state index >= 15 is 0 Å². The molecule has 1 atom stereocenters. The Hall–Kier alpha value is -1.60. The first-order valence-electron chi connectivity index (χ1n) is 11.0. The number of rotatable bonds is 8. The summed E-state index contributed by atoms with van der Waals surface area (Å²) in [5.41, 5.74) is 1.02. The van der Waals surface area contributed by atoms with Gasteiger partial charge in [-0.25, -0.2) is 0 Å². The lowest BCUT2D eigenvalue weighted by Gasteiger charge is -2.41. The largest absolute Gasteiger partial charge is 0.414 e. The highest BCUT2D eigenvalue weighted by Gasteiger charge is 2.42. The predicted octanol–water partition coefficient (Wildman–Crippen LogP) is 6.91. The van der Waals surface area contributed by atoms with Gasteiger partial charge in [-0.05, 0) is 42.3 Å². The van der Waals surface area contributed by atoms with E-state index in [0.29, 0.717) is 18.0 Å². The van der Waals surface area contributed by atoms with E-state index in [9.17, 15) is 10.1 Å². The molecule has 1 aromatic carbocycles. The van der Waals surface area contributed by atoms with E-state index < -0.39 is 21.6 Å². The van der Waals surface area contributed by atoms with Gasteiger partial charge in [-0.15, -0.1) is 4.80 Å². The van der Waals surface area contributed by atoms with Crippen molar-refractivity contribution >= 4 is 33.9 Å². The van der Waals surface area contributed by atoms with Crippen LogP contribution < -0.4 is 0 Å². The van der Waals surface area contributed by atoms with Crippen molar-refractivity contribution in [2.75, 3.05) is 6.61 Å². The molecule has 0 fully saturated rings. The molecule has 0 radical (unpaired) electrons. The third-order valence-electron chi connectivity index (χ3n) is 6.84. The summed E-state index contributed by atoms with van der Waals surface area (Å²) in [6.45, 7) is 22.4. The third kappa shape index (κ3) is 6.51. The van der Waals surface area contributed by atoms with Gasteiger partial charge in [0.2, 0.25) is 0 Å². The molecule has 0 saturated carbocycles. The van der Waals surface area contributed by atoms with Gasteiger partial charge >= 0.3 is 0 Å². The zero-order chi connectivity index (χ0) is 25.4. The molecule has 0 aliphatic heterocycles. The number of nitrogens with zero attached hydrogens (tertiary/aromatic N) is 4. The smallest absolute Gasteiger partial charge is 0.271 e. The van der Waals surface area contributed by atoms with Crippen molar-refractivity contribution in [3.05, 3.63) is 45.2 Å². The molecule has 0 bridgehead atoms. The fourth-order valence-corrected chi connectivity index (χ4v) is 5.03. The first kappa shape index (κ1) is 27.6. The Kier molecular flexibility index (Phi) is 8.02. The second-order valence-corrected chi connectivity index (χ2v) is 21.4. The van der Waals surface area contributed by atoms with E-state index in [-0.39, 0.29) is 26.9 Å². The van der Waals surface area contributed by atoms with Crippen LogP contribution in [0.25, 0.3) is 5.69 Å². The Balaban J connectivity index is 2.40. The Bertz CT molecular complexity index is 997. The van der Waals surface area contributed by atoms with Crippen molar-refractivity contribution < 1.29 is 13.8 Å². The van der Waals surface area contributed by atoms with Crippen LogP contribution in [0.2, 0.25) is 41.3 Å². The van der Waals surface area contributed by atoms with Gasteiger partial charge < -0.3 is 8.85 Å². The lowest BCUT2D eigenvalue weighted by atomic mass is 10.2. The van der Waals surface area contributed by atoms with Crippen LogP contribution in [0.15, 0.2) is 24.4 Å². The van der Waals surface area contributed by atoms with Gasteiger partial charge in [-0.1, -0.05) is 53.1 Å². The maximum atomic E-state index is 11.0. The highest BCUT2D eigenvalue weighted by atomic mass is 35.5. The molecular weight excluding hydrogens is 476 g/mol. The first-order chi connectivity index (χ1) is 14.9. The van der Waals surface area contributed by atoms with Crippen molar-refractivity contribution in [1.82, 2.24) is 15.0 Å². The topological polar surface area (TPSA) is 92.3 Å². The fourth-order valence-electron chi connectivity index (χ4n) is 2.52. The second-order valence-electron chi connectivity index (χ2n) is 11.4. The summed E-state index contributed by atoms with van der Waals surface area (Å²) in [4.78, 5) is 11.9. The third-order valence-corrected chi connectivity index (χ3v) is 16.1. The maximum absolute atomic E-state index is 11.0.